The second-order valence-electron chi connectivity index (χ2n) is 8.94. The maximum Gasteiger partial charge on any atom is 0.416 e. The number of alkyl halides is 3. The van der Waals surface area contributed by atoms with Crippen molar-refractivity contribution in [3.8, 4) is 28.6 Å². The maximum atomic E-state index is 12.8. The normalized spacial score (nSPS) is 12.0. The summed E-state index contributed by atoms with van der Waals surface area (Å²) in [4.78, 5) is 16.6. The van der Waals surface area contributed by atoms with E-state index >= 15 is 0 Å². The molecule has 0 saturated heterocycles. The summed E-state index contributed by atoms with van der Waals surface area (Å²) in [6, 6.07) is 11.0. The molecule has 0 N–H and O–H groups in total. The van der Waals surface area contributed by atoms with Crippen molar-refractivity contribution in [2.45, 2.75) is 39.2 Å². The van der Waals surface area contributed by atoms with Gasteiger partial charge in [-0.1, -0.05) is 17.3 Å². The van der Waals surface area contributed by atoms with Crippen molar-refractivity contribution >= 4 is 5.97 Å². The van der Waals surface area contributed by atoms with Gasteiger partial charge in [-0.15, -0.1) is 0 Å². The summed E-state index contributed by atoms with van der Waals surface area (Å²) in [7, 11) is 1.70. The molecule has 8 nitrogen and oxygen atoms in total. The van der Waals surface area contributed by atoms with Crippen LogP contribution in [0.3, 0.4) is 0 Å². The molecule has 0 amide bonds. The number of aromatic nitrogens is 4. The summed E-state index contributed by atoms with van der Waals surface area (Å²) < 4.78 is 56.3. The minimum atomic E-state index is -4.42. The number of carbonyl (C=O) groups excluding carboxylic acids is 1. The van der Waals surface area contributed by atoms with Crippen molar-refractivity contribution in [2.24, 2.45) is 7.05 Å². The lowest BCUT2D eigenvalue weighted by Crippen LogP contribution is -2.23. The van der Waals surface area contributed by atoms with Crippen molar-refractivity contribution in [1.29, 1.82) is 0 Å². The van der Waals surface area contributed by atoms with Gasteiger partial charge in [-0.05, 0) is 57.2 Å². The number of rotatable bonds is 6. The second-order valence-corrected chi connectivity index (χ2v) is 8.94. The van der Waals surface area contributed by atoms with E-state index in [1.165, 1.54) is 18.3 Å². The Kier molecular flexibility index (Phi) is 6.57. The number of esters is 1. The standard InChI is InChI=1S/C25H23F3N4O4/c1-24(2,3)35-23(33)16-7-5-15(6-8-16)21-30-22(36-31-21)19-13-29-32(4)20(19)14-34-18-11-9-17(10-12-18)25(26,27)28/h5-13H,14H2,1-4H3. The quantitative estimate of drug-likeness (QED) is 0.314. The zero-order valence-electron chi connectivity index (χ0n) is 20.0. The van der Waals surface area contributed by atoms with Crippen LogP contribution in [-0.4, -0.2) is 31.5 Å². The third kappa shape index (κ3) is 5.73. The third-order valence-electron chi connectivity index (χ3n) is 5.05. The van der Waals surface area contributed by atoms with Crippen molar-refractivity contribution in [3.63, 3.8) is 0 Å². The molecule has 4 aromatic rings. The van der Waals surface area contributed by atoms with Gasteiger partial charge in [0.15, 0.2) is 0 Å². The van der Waals surface area contributed by atoms with Crippen molar-refractivity contribution in [3.05, 3.63) is 71.5 Å². The molecule has 0 fully saturated rings. The lowest BCUT2D eigenvalue weighted by atomic mass is 10.1. The van der Waals surface area contributed by atoms with Gasteiger partial charge in [0.2, 0.25) is 5.82 Å². The highest BCUT2D eigenvalue weighted by atomic mass is 19.4. The number of nitrogens with zero attached hydrogens (tertiary/aromatic N) is 4. The second kappa shape index (κ2) is 9.48. The highest BCUT2D eigenvalue weighted by molar-refractivity contribution is 5.90. The monoisotopic (exact) mass is 500 g/mol. The van der Waals surface area contributed by atoms with Crippen LogP contribution in [0.2, 0.25) is 0 Å². The van der Waals surface area contributed by atoms with Crippen molar-refractivity contribution in [1.82, 2.24) is 19.9 Å². The molecule has 0 unspecified atom stereocenters. The van der Waals surface area contributed by atoms with Gasteiger partial charge >= 0.3 is 12.1 Å². The van der Waals surface area contributed by atoms with Crippen LogP contribution >= 0.6 is 0 Å². The molecule has 2 heterocycles. The predicted octanol–water partition coefficient (Wildman–Crippen LogP) is 5.69. The summed E-state index contributed by atoms with van der Waals surface area (Å²) in [6.45, 7) is 5.39. The fourth-order valence-electron chi connectivity index (χ4n) is 3.25. The number of halogens is 3. The van der Waals surface area contributed by atoms with E-state index in [4.69, 9.17) is 14.0 Å². The van der Waals surface area contributed by atoms with Gasteiger partial charge < -0.3 is 14.0 Å². The fraction of sp³-hybridized carbons (Fsp3) is 0.280. The number of carbonyl (C=O) groups is 1. The first-order valence-electron chi connectivity index (χ1n) is 10.9. The number of hydrogen-bond donors (Lipinski definition) is 0. The number of benzene rings is 2. The Bertz CT molecular complexity index is 1350. The first-order valence-corrected chi connectivity index (χ1v) is 10.9. The van der Waals surface area contributed by atoms with Crippen molar-refractivity contribution in [2.75, 3.05) is 0 Å². The van der Waals surface area contributed by atoms with Gasteiger partial charge in [0.25, 0.3) is 5.89 Å². The van der Waals surface area contributed by atoms with Gasteiger partial charge in [-0.2, -0.15) is 23.3 Å². The Hall–Kier alpha value is -4.15. The highest BCUT2D eigenvalue weighted by Gasteiger charge is 2.30. The molecule has 2 aromatic heterocycles. The van der Waals surface area contributed by atoms with Gasteiger partial charge in [-0.3, -0.25) is 4.68 Å². The molecular weight excluding hydrogens is 477 g/mol. The largest absolute Gasteiger partial charge is 0.487 e. The molecule has 0 aliphatic rings. The zero-order chi connectivity index (χ0) is 26.1. The van der Waals surface area contributed by atoms with Crippen LogP contribution in [0.15, 0.2) is 59.3 Å². The molecule has 2 aromatic carbocycles. The van der Waals surface area contributed by atoms with Gasteiger partial charge in [0.1, 0.15) is 18.0 Å². The molecule has 0 aliphatic heterocycles. The third-order valence-corrected chi connectivity index (χ3v) is 5.05. The summed E-state index contributed by atoms with van der Waals surface area (Å²) in [5.41, 5.74) is 0.777. The van der Waals surface area contributed by atoms with E-state index in [1.54, 1.807) is 56.8 Å². The van der Waals surface area contributed by atoms with Gasteiger partial charge in [0, 0.05) is 12.6 Å². The Morgan fingerprint density at radius 2 is 1.69 bits per heavy atom. The molecule has 0 spiro atoms. The molecule has 0 atom stereocenters. The van der Waals surface area contributed by atoms with E-state index in [9.17, 15) is 18.0 Å². The average Bonchev–Trinajstić information content (AvgIpc) is 3.43. The van der Waals surface area contributed by atoms with E-state index < -0.39 is 23.3 Å². The minimum Gasteiger partial charge on any atom is -0.487 e. The smallest absolute Gasteiger partial charge is 0.416 e. The molecule has 36 heavy (non-hydrogen) atoms. The molecule has 0 radical (unpaired) electrons. The maximum absolute atomic E-state index is 12.8. The van der Waals surface area contributed by atoms with Crippen LogP contribution in [0.25, 0.3) is 22.8 Å². The predicted molar refractivity (Wildman–Crippen MR) is 123 cm³/mol. The van der Waals surface area contributed by atoms with E-state index in [1.807, 2.05) is 0 Å². The SMILES string of the molecule is Cn1ncc(-c2nc(-c3ccc(C(=O)OC(C)(C)C)cc3)no2)c1COc1ccc(C(F)(F)F)cc1. The molecule has 0 saturated carbocycles. The topological polar surface area (TPSA) is 92.3 Å². The van der Waals surface area contributed by atoms with E-state index in [2.05, 4.69) is 15.2 Å². The van der Waals surface area contributed by atoms with Crippen LogP contribution < -0.4 is 4.74 Å². The highest BCUT2D eigenvalue weighted by Crippen LogP contribution is 2.31. The Balaban J connectivity index is 1.48. The molecule has 4 rings (SSSR count). The number of aryl methyl sites for hydroxylation is 1. The number of hydrogen-bond acceptors (Lipinski definition) is 7. The molecular formula is C25H23F3N4O4. The lowest BCUT2D eigenvalue weighted by Gasteiger charge is -2.19. The van der Waals surface area contributed by atoms with Crippen LogP contribution in [0, 0.1) is 0 Å². The van der Waals surface area contributed by atoms with E-state index in [-0.39, 0.29) is 18.2 Å². The van der Waals surface area contributed by atoms with Crippen LogP contribution in [0.4, 0.5) is 13.2 Å². The Morgan fingerprint density at radius 3 is 2.31 bits per heavy atom. The van der Waals surface area contributed by atoms with E-state index in [0.29, 0.717) is 28.2 Å². The molecule has 0 bridgehead atoms. The van der Waals surface area contributed by atoms with Gasteiger partial charge in [-0.25, -0.2) is 4.79 Å². The summed E-state index contributed by atoms with van der Waals surface area (Å²) in [6.07, 6.45) is -2.88. The first kappa shape index (κ1) is 25.0. The summed E-state index contributed by atoms with van der Waals surface area (Å²) >= 11 is 0. The average molecular weight is 500 g/mol. The van der Waals surface area contributed by atoms with E-state index in [0.717, 1.165) is 12.1 Å². The fourth-order valence-corrected chi connectivity index (χ4v) is 3.25. The lowest BCUT2D eigenvalue weighted by molar-refractivity contribution is -0.137. The molecule has 0 aliphatic carbocycles. The van der Waals surface area contributed by atoms with Crippen LogP contribution in [-0.2, 0) is 24.6 Å². The van der Waals surface area contributed by atoms with Gasteiger partial charge in [0.05, 0.1) is 28.6 Å². The summed E-state index contributed by atoms with van der Waals surface area (Å²) in [5, 5.41) is 8.21. The van der Waals surface area contributed by atoms with Crippen molar-refractivity contribution < 1.29 is 32.0 Å². The van der Waals surface area contributed by atoms with Crippen LogP contribution in [0.1, 0.15) is 42.4 Å². The Morgan fingerprint density at radius 1 is 1.03 bits per heavy atom. The van der Waals surface area contributed by atoms with Crippen LogP contribution in [0.5, 0.6) is 5.75 Å². The number of ether oxygens (including phenoxy) is 2. The minimum absolute atomic E-state index is 0.0134. The molecule has 11 heteroatoms. The molecule has 188 valence electrons. The zero-order valence-corrected chi connectivity index (χ0v) is 20.0. The summed E-state index contributed by atoms with van der Waals surface area (Å²) in [5.74, 6) is 0.335. The first-order chi connectivity index (χ1) is 16.9. The Labute approximate surface area is 204 Å².